The summed E-state index contributed by atoms with van der Waals surface area (Å²) >= 11 is 0. The van der Waals surface area contributed by atoms with Gasteiger partial charge in [0.05, 0.1) is 0 Å². The molecule has 0 unspecified atom stereocenters. The molecule has 1 aromatic carbocycles. The number of hydrogen-bond donors (Lipinski definition) is 1. The third-order valence-electron chi connectivity index (χ3n) is 4.00. The second-order valence-corrected chi connectivity index (χ2v) is 5.59. The van der Waals surface area contributed by atoms with Crippen LogP contribution >= 0.6 is 0 Å². The number of benzene rings is 1. The lowest BCUT2D eigenvalue weighted by Gasteiger charge is -2.20. The maximum Gasteiger partial charge on any atom is 0.126 e. The average Bonchev–Trinajstić information content (AvgIpc) is 3.27. The predicted octanol–water partition coefficient (Wildman–Crippen LogP) is 2.97. The maximum atomic E-state index is 6.07. The molecule has 1 saturated carbocycles. The predicted molar refractivity (Wildman–Crippen MR) is 84.3 cm³/mol. The van der Waals surface area contributed by atoms with Crippen molar-refractivity contribution in [2.24, 2.45) is 0 Å². The third kappa shape index (κ3) is 4.50. The summed E-state index contributed by atoms with van der Waals surface area (Å²) in [7, 11) is 0. The highest BCUT2D eigenvalue weighted by Gasteiger charge is 2.20. The van der Waals surface area contributed by atoms with Crippen molar-refractivity contribution < 1.29 is 4.74 Å². The van der Waals surface area contributed by atoms with Crippen molar-refractivity contribution in [3.63, 3.8) is 0 Å². The zero-order valence-electron chi connectivity index (χ0n) is 13.1. The highest BCUT2D eigenvalue weighted by atomic mass is 16.5. The van der Waals surface area contributed by atoms with Crippen LogP contribution in [0.4, 0.5) is 0 Å². The Kier molecular flexibility index (Phi) is 5.86. The molecule has 0 radical (unpaired) electrons. The molecule has 0 aliphatic heterocycles. The van der Waals surface area contributed by atoms with E-state index in [-0.39, 0.29) is 0 Å². The van der Waals surface area contributed by atoms with Crippen molar-refractivity contribution in [3.05, 3.63) is 29.3 Å². The van der Waals surface area contributed by atoms with Crippen molar-refractivity contribution in [2.75, 3.05) is 26.2 Å². The van der Waals surface area contributed by atoms with E-state index in [4.69, 9.17) is 4.74 Å². The Hall–Kier alpha value is -1.06. The van der Waals surface area contributed by atoms with Crippen LogP contribution in [0.2, 0.25) is 0 Å². The molecule has 0 amide bonds. The minimum Gasteiger partial charge on any atom is -0.492 e. The van der Waals surface area contributed by atoms with Gasteiger partial charge in [-0.15, -0.1) is 0 Å². The molecule has 0 spiro atoms. The molecule has 0 saturated heterocycles. The van der Waals surface area contributed by atoms with Gasteiger partial charge >= 0.3 is 0 Å². The first-order chi connectivity index (χ1) is 9.74. The monoisotopic (exact) mass is 276 g/mol. The van der Waals surface area contributed by atoms with E-state index in [1.165, 1.54) is 24.0 Å². The number of likely N-dealkylation sites (N-methyl/N-ethyl adjacent to an activating group) is 1. The largest absolute Gasteiger partial charge is 0.492 e. The van der Waals surface area contributed by atoms with Crippen molar-refractivity contribution in [1.29, 1.82) is 0 Å². The summed E-state index contributed by atoms with van der Waals surface area (Å²) in [4.78, 5) is 2.39. The third-order valence-corrected chi connectivity index (χ3v) is 4.00. The molecule has 1 fully saturated rings. The standard InChI is InChI=1S/C17H28N2O/c1-4-19(5-2)11-12-20-17-14(3)7-6-8-15(17)13-18-16-9-10-16/h6-8,16,18H,4-5,9-13H2,1-3H3. The van der Waals surface area contributed by atoms with Gasteiger partial charge < -0.3 is 15.0 Å². The number of para-hydroxylation sites is 1. The van der Waals surface area contributed by atoms with Gasteiger partial charge in [-0.25, -0.2) is 0 Å². The molecule has 112 valence electrons. The van der Waals surface area contributed by atoms with Gasteiger partial charge in [-0.05, 0) is 38.4 Å². The van der Waals surface area contributed by atoms with E-state index in [2.05, 4.69) is 49.2 Å². The summed E-state index contributed by atoms with van der Waals surface area (Å²) in [6.07, 6.45) is 2.65. The van der Waals surface area contributed by atoms with Gasteiger partial charge in [0.25, 0.3) is 0 Å². The average molecular weight is 276 g/mol. The van der Waals surface area contributed by atoms with Crippen LogP contribution in [0.3, 0.4) is 0 Å². The van der Waals surface area contributed by atoms with Crippen molar-refractivity contribution in [1.82, 2.24) is 10.2 Å². The zero-order valence-corrected chi connectivity index (χ0v) is 13.1. The second-order valence-electron chi connectivity index (χ2n) is 5.59. The first-order valence-corrected chi connectivity index (χ1v) is 7.91. The molecule has 0 bridgehead atoms. The van der Waals surface area contributed by atoms with Gasteiger partial charge in [0.1, 0.15) is 12.4 Å². The minimum atomic E-state index is 0.735. The quantitative estimate of drug-likeness (QED) is 0.750. The van der Waals surface area contributed by atoms with E-state index in [1.807, 2.05) is 0 Å². The highest BCUT2D eigenvalue weighted by molar-refractivity contribution is 5.40. The van der Waals surface area contributed by atoms with E-state index in [1.54, 1.807) is 0 Å². The Morgan fingerprint density at radius 3 is 2.65 bits per heavy atom. The van der Waals surface area contributed by atoms with Crippen LogP contribution in [-0.4, -0.2) is 37.2 Å². The lowest BCUT2D eigenvalue weighted by Crippen LogP contribution is -2.28. The Labute approximate surface area is 123 Å². The maximum absolute atomic E-state index is 6.07. The van der Waals surface area contributed by atoms with E-state index in [9.17, 15) is 0 Å². The van der Waals surface area contributed by atoms with Crippen LogP contribution in [0.5, 0.6) is 5.75 Å². The van der Waals surface area contributed by atoms with Crippen LogP contribution in [0.15, 0.2) is 18.2 Å². The lowest BCUT2D eigenvalue weighted by atomic mass is 10.1. The molecule has 20 heavy (non-hydrogen) atoms. The molecule has 3 nitrogen and oxygen atoms in total. The van der Waals surface area contributed by atoms with Crippen LogP contribution in [-0.2, 0) is 6.54 Å². The summed E-state index contributed by atoms with van der Waals surface area (Å²) in [5, 5.41) is 3.57. The van der Waals surface area contributed by atoms with Crippen molar-refractivity contribution in [3.8, 4) is 5.75 Å². The second kappa shape index (κ2) is 7.65. The Morgan fingerprint density at radius 1 is 1.25 bits per heavy atom. The first-order valence-electron chi connectivity index (χ1n) is 7.91. The zero-order chi connectivity index (χ0) is 14.4. The Morgan fingerprint density at radius 2 is 2.00 bits per heavy atom. The summed E-state index contributed by atoms with van der Waals surface area (Å²) in [5.41, 5.74) is 2.52. The number of hydrogen-bond acceptors (Lipinski definition) is 3. The first kappa shape index (κ1) is 15.3. The fourth-order valence-electron chi connectivity index (χ4n) is 2.42. The normalized spacial score (nSPS) is 14.8. The van der Waals surface area contributed by atoms with E-state index < -0.39 is 0 Å². The number of nitrogens with one attached hydrogen (secondary N) is 1. The van der Waals surface area contributed by atoms with Crippen molar-refractivity contribution in [2.45, 2.75) is 46.2 Å². The molecule has 2 rings (SSSR count). The summed E-state index contributed by atoms with van der Waals surface area (Å²) in [6.45, 7) is 11.4. The molecule has 0 aromatic heterocycles. The fraction of sp³-hybridized carbons (Fsp3) is 0.647. The molecule has 3 heteroatoms. The number of aryl methyl sites for hydroxylation is 1. The van der Waals surface area contributed by atoms with Gasteiger partial charge in [0, 0.05) is 24.7 Å². The summed E-state index contributed by atoms with van der Waals surface area (Å²) in [6, 6.07) is 7.16. The molecular weight excluding hydrogens is 248 g/mol. The van der Waals surface area contributed by atoms with E-state index in [0.29, 0.717) is 0 Å². The van der Waals surface area contributed by atoms with Crippen LogP contribution in [0.1, 0.15) is 37.8 Å². The van der Waals surface area contributed by atoms with Crippen LogP contribution in [0.25, 0.3) is 0 Å². The number of rotatable bonds is 9. The SMILES string of the molecule is CCN(CC)CCOc1c(C)cccc1CNC1CC1. The Bertz CT molecular complexity index is 411. The summed E-state index contributed by atoms with van der Waals surface area (Å²) in [5.74, 6) is 1.08. The smallest absolute Gasteiger partial charge is 0.126 e. The van der Waals surface area contributed by atoms with Crippen LogP contribution in [0, 0.1) is 6.92 Å². The van der Waals surface area contributed by atoms with Gasteiger partial charge in [0.15, 0.2) is 0 Å². The molecule has 0 heterocycles. The van der Waals surface area contributed by atoms with Gasteiger partial charge in [-0.1, -0.05) is 32.0 Å². The fourth-order valence-corrected chi connectivity index (χ4v) is 2.42. The van der Waals surface area contributed by atoms with Crippen molar-refractivity contribution >= 4 is 0 Å². The minimum absolute atomic E-state index is 0.735. The topological polar surface area (TPSA) is 24.5 Å². The molecule has 0 atom stereocenters. The number of nitrogens with zero attached hydrogens (tertiary/aromatic N) is 1. The van der Waals surface area contributed by atoms with Gasteiger partial charge in [-0.2, -0.15) is 0 Å². The molecule has 1 aromatic rings. The van der Waals surface area contributed by atoms with E-state index in [0.717, 1.165) is 44.6 Å². The highest BCUT2D eigenvalue weighted by Crippen LogP contribution is 2.25. The summed E-state index contributed by atoms with van der Waals surface area (Å²) < 4.78 is 6.07. The van der Waals surface area contributed by atoms with E-state index >= 15 is 0 Å². The molecule has 1 N–H and O–H groups in total. The Balaban J connectivity index is 1.90. The molecular formula is C17H28N2O. The lowest BCUT2D eigenvalue weighted by molar-refractivity contribution is 0.220. The van der Waals surface area contributed by atoms with Gasteiger partial charge in [0.2, 0.25) is 0 Å². The molecule has 1 aliphatic carbocycles. The van der Waals surface area contributed by atoms with Gasteiger partial charge in [-0.3, -0.25) is 0 Å². The number of ether oxygens (including phenoxy) is 1. The van der Waals surface area contributed by atoms with Crippen LogP contribution < -0.4 is 10.1 Å². The molecule has 1 aliphatic rings.